The third-order valence-corrected chi connectivity index (χ3v) is 6.91. The molecule has 0 aliphatic carbocycles. The molecule has 0 atom stereocenters. The predicted octanol–water partition coefficient (Wildman–Crippen LogP) is 4.33. The highest BCUT2D eigenvalue weighted by atomic mass is 19.2. The van der Waals surface area contributed by atoms with Crippen molar-refractivity contribution in [3.8, 4) is 0 Å². The van der Waals surface area contributed by atoms with Gasteiger partial charge in [0.05, 0.1) is 0 Å². The summed E-state index contributed by atoms with van der Waals surface area (Å²) in [5.74, 6) is -1.66. The van der Waals surface area contributed by atoms with Crippen LogP contribution in [-0.2, 0) is 12.8 Å². The van der Waals surface area contributed by atoms with E-state index in [9.17, 15) is 13.6 Å². The summed E-state index contributed by atoms with van der Waals surface area (Å²) in [6, 6.07) is 4.60. The molecule has 0 bridgehead atoms. The third kappa shape index (κ3) is 5.31. The number of hydrogen-bond acceptors (Lipinski definition) is 4. The molecule has 5 nitrogen and oxygen atoms in total. The predicted molar refractivity (Wildman–Crippen MR) is 120 cm³/mol. The van der Waals surface area contributed by atoms with E-state index in [4.69, 9.17) is 0 Å². The lowest BCUT2D eigenvalue weighted by Crippen LogP contribution is -2.48. The molecule has 2 saturated heterocycles. The summed E-state index contributed by atoms with van der Waals surface area (Å²) in [4.78, 5) is 26.4. The van der Waals surface area contributed by atoms with Gasteiger partial charge in [-0.25, -0.2) is 18.7 Å². The molecule has 2 aliphatic heterocycles. The van der Waals surface area contributed by atoms with Crippen LogP contribution in [0.4, 0.5) is 8.78 Å². The zero-order valence-electron chi connectivity index (χ0n) is 18.8. The number of halogens is 2. The second-order valence-corrected chi connectivity index (χ2v) is 9.02. The molecule has 0 N–H and O–H groups in total. The molecule has 4 rings (SSSR count). The molecule has 0 saturated carbocycles. The molecule has 0 unspecified atom stereocenters. The summed E-state index contributed by atoms with van der Waals surface area (Å²) < 4.78 is 26.5. The van der Waals surface area contributed by atoms with E-state index >= 15 is 0 Å². The first kappa shape index (κ1) is 22.8. The van der Waals surface area contributed by atoms with Crippen LogP contribution < -0.4 is 0 Å². The van der Waals surface area contributed by atoms with E-state index in [1.54, 1.807) is 6.07 Å². The van der Waals surface area contributed by atoms with Crippen LogP contribution in [0.3, 0.4) is 0 Å². The monoisotopic (exact) mass is 442 g/mol. The highest BCUT2D eigenvalue weighted by Gasteiger charge is 2.29. The topological polar surface area (TPSA) is 49.3 Å². The van der Waals surface area contributed by atoms with Gasteiger partial charge in [0.15, 0.2) is 11.6 Å². The molecule has 0 radical (unpaired) electrons. The van der Waals surface area contributed by atoms with Gasteiger partial charge in [-0.1, -0.05) is 12.5 Å². The minimum atomic E-state index is -0.830. The number of aryl methyl sites for hydroxylation is 2. The average Bonchev–Trinajstić information content (AvgIpc) is 2.83. The molecule has 1 aromatic heterocycles. The third-order valence-electron chi connectivity index (χ3n) is 6.91. The Hall–Kier alpha value is -2.41. The number of carbonyl (C=O) groups excluding carboxylic acids is 1. The standard InChI is InChI=1S/C25H32F2N4O/c1-18-23(7-5-6-19-8-9-21(26)22(27)16-19)28-17-29-24(18)25(32)31-14-10-20(11-15-31)30-12-3-2-4-13-30/h8-9,16-17,20H,2-7,10-15H2,1H3. The molecule has 1 amide bonds. The molecular formula is C25H32F2N4O. The van der Waals surface area contributed by atoms with Gasteiger partial charge in [-0.2, -0.15) is 0 Å². The zero-order valence-corrected chi connectivity index (χ0v) is 18.8. The Bertz CT molecular complexity index is 938. The van der Waals surface area contributed by atoms with E-state index in [2.05, 4.69) is 14.9 Å². The molecule has 172 valence electrons. The smallest absolute Gasteiger partial charge is 0.272 e. The minimum absolute atomic E-state index is 0.0103. The van der Waals surface area contributed by atoms with E-state index in [-0.39, 0.29) is 5.91 Å². The SMILES string of the molecule is Cc1c(CCCc2ccc(F)c(F)c2)ncnc1C(=O)N1CCC(N2CCCCC2)CC1. The number of amides is 1. The Morgan fingerprint density at radius 1 is 1.00 bits per heavy atom. The summed E-state index contributed by atoms with van der Waals surface area (Å²) in [6.07, 6.45) is 9.44. The maximum Gasteiger partial charge on any atom is 0.272 e. The number of rotatable bonds is 6. The first-order chi connectivity index (χ1) is 15.5. The number of carbonyl (C=O) groups is 1. The van der Waals surface area contributed by atoms with Gasteiger partial charge >= 0.3 is 0 Å². The second-order valence-electron chi connectivity index (χ2n) is 9.02. The Morgan fingerprint density at radius 3 is 2.47 bits per heavy atom. The molecule has 2 aliphatic rings. The van der Waals surface area contributed by atoms with E-state index in [0.29, 0.717) is 24.6 Å². The average molecular weight is 443 g/mol. The molecule has 0 spiro atoms. The van der Waals surface area contributed by atoms with Gasteiger partial charge in [0, 0.05) is 30.4 Å². The maximum absolute atomic E-state index is 13.4. The van der Waals surface area contributed by atoms with E-state index in [0.717, 1.165) is 55.2 Å². The number of aromatic nitrogens is 2. The Morgan fingerprint density at radius 2 is 1.75 bits per heavy atom. The summed E-state index contributed by atoms with van der Waals surface area (Å²) in [6.45, 7) is 5.83. The van der Waals surface area contributed by atoms with Crippen LogP contribution in [0.5, 0.6) is 0 Å². The lowest BCUT2D eigenvalue weighted by molar-refractivity contribution is 0.0583. The van der Waals surface area contributed by atoms with Crippen molar-refractivity contribution in [2.45, 2.75) is 64.3 Å². The fourth-order valence-corrected chi connectivity index (χ4v) is 4.98. The molecule has 32 heavy (non-hydrogen) atoms. The lowest BCUT2D eigenvalue weighted by Gasteiger charge is -2.40. The molecule has 1 aromatic carbocycles. The quantitative estimate of drug-likeness (QED) is 0.668. The van der Waals surface area contributed by atoms with Crippen LogP contribution >= 0.6 is 0 Å². The Labute approximate surface area is 188 Å². The van der Waals surface area contributed by atoms with Crippen molar-refractivity contribution >= 4 is 5.91 Å². The van der Waals surface area contributed by atoms with Crippen molar-refractivity contribution in [2.24, 2.45) is 0 Å². The molecule has 2 fully saturated rings. The maximum atomic E-state index is 13.4. The largest absolute Gasteiger partial charge is 0.337 e. The summed E-state index contributed by atoms with van der Waals surface area (Å²) in [5.41, 5.74) is 2.90. The van der Waals surface area contributed by atoms with Crippen LogP contribution in [-0.4, -0.2) is 57.9 Å². The summed E-state index contributed by atoms with van der Waals surface area (Å²) in [5, 5.41) is 0. The van der Waals surface area contributed by atoms with E-state index in [1.807, 2.05) is 11.8 Å². The van der Waals surface area contributed by atoms with Crippen molar-refractivity contribution in [3.05, 3.63) is 58.7 Å². The number of likely N-dealkylation sites (tertiary alicyclic amines) is 2. The van der Waals surface area contributed by atoms with Crippen LogP contribution in [0.25, 0.3) is 0 Å². The van der Waals surface area contributed by atoms with E-state index < -0.39 is 11.6 Å². The highest BCUT2D eigenvalue weighted by Crippen LogP contribution is 2.23. The lowest BCUT2D eigenvalue weighted by atomic mass is 9.99. The van der Waals surface area contributed by atoms with Crippen molar-refractivity contribution in [3.63, 3.8) is 0 Å². The number of benzene rings is 1. The molecule has 2 aromatic rings. The van der Waals surface area contributed by atoms with Crippen LogP contribution in [0.2, 0.25) is 0 Å². The van der Waals surface area contributed by atoms with Crippen LogP contribution in [0.1, 0.15) is 65.8 Å². The van der Waals surface area contributed by atoms with Crippen LogP contribution in [0, 0.1) is 18.6 Å². The minimum Gasteiger partial charge on any atom is -0.337 e. The van der Waals surface area contributed by atoms with Crippen LogP contribution in [0.15, 0.2) is 24.5 Å². The highest BCUT2D eigenvalue weighted by molar-refractivity contribution is 5.93. The Kier molecular flexibility index (Phi) is 7.45. The van der Waals surface area contributed by atoms with Gasteiger partial charge in [0.25, 0.3) is 5.91 Å². The number of nitrogens with zero attached hydrogens (tertiary/aromatic N) is 4. The van der Waals surface area contributed by atoms with Crippen molar-refractivity contribution in [1.29, 1.82) is 0 Å². The Balaban J connectivity index is 1.33. The fourth-order valence-electron chi connectivity index (χ4n) is 4.98. The summed E-state index contributed by atoms with van der Waals surface area (Å²) in [7, 11) is 0. The van der Waals surface area contributed by atoms with E-state index in [1.165, 1.54) is 44.7 Å². The first-order valence-corrected chi connectivity index (χ1v) is 11.8. The van der Waals surface area contributed by atoms with Gasteiger partial charge in [-0.15, -0.1) is 0 Å². The van der Waals surface area contributed by atoms with Gasteiger partial charge in [0.1, 0.15) is 12.0 Å². The normalized spacial score (nSPS) is 18.2. The van der Waals surface area contributed by atoms with Crippen molar-refractivity contribution in [1.82, 2.24) is 19.8 Å². The fraction of sp³-hybridized carbons (Fsp3) is 0.560. The van der Waals surface area contributed by atoms with Gasteiger partial charge in [-0.05, 0) is 82.7 Å². The second kappa shape index (κ2) is 10.5. The zero-order chi connectivity index (χ0) is 22.5. The first-order valence-electron chi connectivity index (χ1n) is 11.8. The van der Waals surface area contributed by atoms with Gasteiger partial charge < -0.3 is 9.80 Å². The summed E-state index contributed by atoms with van der Waals surface area (Å²) >= 11 is 0. The van der Waals surface area contributed by atoms with Crippen molar-refractivity contribution < 1.29 is 13.6 Å². The van der Waals surface area contributed by atoms with Gasteiger partial charge in [-0.3, -0.25) is 4.79 Å². The van der Waals surface area contributed by atoms with Gasteiger partial charge in [0.2, 0.25) is 0 Å². The molecule has 7 heteroatoms. The molecule has 3 heterocycles. The number of piperidine rings is 2. The number of hydrogen-bond donors (Lipinski definition) is 0. The molecular weight excluding hydrogens is 410 g/mol. The van der Waals surface area contributed by atoms with Crippen molar-refractivity contribution in [2.75, 3.05) is 26.2 Å².